The van der Waals surface area contributed by atoms with E-state index in [1.807, 2.05) is 0 Å². The van der Waals surface area contributed by atoms with Crippen molar-refractivity contribution in [2.75, 3.05) is 18.5 Å². The second-order valence-corrected chi connectivity index (χ2v) is 4.25. The van der Waals surface area contributed by atoms with Gasteiger partial charge in [-0.1, -0.05) is 11.6 Å². The predicted octanol–water partition coefficient (Wildman–Crippen LogP) is 2.80. The second kappa shape index (κ2) is 5.20. The van der Waals surface area contributed by atoms with Gasteiger partial charge in [0.05, 0.1) is 17.4 Å². The first-order valence-corrected chi connectivity index (χ1v) is 5.72. The van der Waals surface area contributed by atoms with Gasteiger partial charge in [-0.05, 0) is 31.0 Å². The lowest BCUT2D eigenvalue weighted by Crippen LogP contribution is -2.18. The molecule has 1 atom stereocenters. The third-order valence-corrected chi connectivity index (χ3v) is 2.88. The van der Waals surface area contributed by atoms with Crippen LogP contribution in [0, 0.1) is 11.3 Å². The molecule has 1 heterocycles. The number of nitrogens with zero attached hydrogens (tertiary/aromatic N) is 1. The minimum Gasteiger partial charge on any atom is -0.381 e. The molecule has 0 saturated carbocycles. The summed E-state index contributed by atoms with van der Waals surface area (Å²) in [5.41, 5.74) is 1.40. The van der Waals surface area contributed by atoms with Crippen LogP contribution in [0.2, 0.25) is 5.02 Å². The van der Waals surface area contributed by atoms with Gasteiger partial charge < -0.3 is 10.1 Å². The molecule has 0 spiro atoms. The van der Waals surface area contributed by atoms with Crippen LogP contribution in [0.5, 0.6) is 0 Å². The van der Waals surface area contributed by atoms with Gasteiger partial charge >= 0.3 is 0 Å². The summed E-state index contributed by atoms with van der Waals surface area (Å²) < 4.78 is 5.50. The number of halogens is 1. The van der Waals surface area contributed by atoms with Gasteiger partial charge in [-0.3, -0.25) is 0 Å². The molecule has 1 unspecified atom stereocenters. The molecule has 1 N–H and O–H groups in total. The third kappa shape index (κ3) is 2.66. The van der Waals surface area contributed by atoms with Gasteiger partial charge in [0.25, 0.3) is 0 Å². The Morgan fingerprint density at radius 1 is 1.56 bits per heavy atom. The fourth-order valence-electron chi connectivity index (χ4n) is 1.79. The maximum atomic E-state index is 8.94. The average molecular weight is 237 g/mol. The predicted molar refractivity (Wildman–Crippen MR) is 63.6 cm³/mol. The lowest BCUT2D eigenvalue weighted by Gasteiger charge is -2.13. The van der Waals surface area contributed by atoms with Crippen molar-refractivity contribution in [3.05, 3.63) is 28.8 Å². The normalized spacial score (nSPS) is 19.4. The molecule has 1 aromatic rings. The van der Waals surface area contributed by atoms with Gasteiger partial charge in [0, 0.05) is 18.2 Å². The summed E-state index contributed by atoms with van der Waals surface area (Å²) in [6.07, 6.45) is 2.45. The molecule has 4 heteroatoms. The molecule has 0 amide bonds. The van der Waals surface area contributed by atoms with Crippen LogP contribution in [0.15, 0.2) is 18.2 Å². The minimum atomic E-state index is 0.255. The monoisotopic (exact) mass is 236 g/mol. The summed E-state index contributed by atoms with van der Waals surface area (Å²) >= 11 is 5.89. The van der Waals surface area contributed by atoms with Crippen LogP contribution in [-0.4, -0.2) is 19.3 Å². The largest absolute Gasteiger partial charge is 0.381 e. The summed E-state index contributed by atoms with van der Waals surface area (Å²) in [4.78, 5) is 0. The van der Waals surface area contributed by atoms with E-state index >= 15 is 0 Å². The molecule has 3 nitrogen and oxygen atoms in total. The summed E-state index contributed by atoms with van der Waals surface area (Å²) in [6.45, 7) is 1.57. The first-order chi connectivity index (χ1) is 7.79. The van der Waals surface area contributed by atoms with Gasteiger partial charge in [-0.2, -0.15) is 5.26 Å². The zero-order valence-corrected chi connectivity index (χ0v) is 9.63. The van der Waals surface area contributed by atoms with Gasteiger partial charge in [-0.25, -0.2) is 0 Å². The van der Waals surface area contributed by atoms with Crippen LogP contribution < -0.4 is 5.32 Å². The van der Waals surface area contributed by atoms with Crippen molar-refractivity contribution < 1.29 is 4.74 Å². The van der Waals surface area contributed by atoms with E-state index < -0.39 is 0 Å². The molecular weight excluding hydrogens is 224 g/mol. The summed E-state index contributed by atoms with van der Waals surface area (Å²) in [6, 6.07) is 7.35. The highest BCUT2D eigenvalue weighted by Crippen LogP contribution is 2.21. The number of ether oxygens (including phenoxy) is 1. The highest BCUT2D eigenvalue weighted by atomic mass is 35.5. The van der Waals surface area contributed by atoms with Crippen LogP contribution in [0.1, 0.15) is 18.4 Å². The van der Waals surface area contributed by atoms with Gasteiger partial charge in [0.2, 0.25) is 0 Å². The Balaban J connectivity index is 2.02. The Hall–Kier alpha value is -1.24. The van der Waals surface area contributed by atoms with E-state index in [2.05, 4.69) is 11.4 Å². The van der Waals surface area contributed by atoms with Gasteiger partial charge in [0.15, 0.2) is 0 Å². The number of hydrogen-bond acceptors (Lipinski definition) is 3. The molecule has 1 aromatic carbocycles. The van der Waals surface area contributed by atoms with Gasteiger partial charge in [0.1, 0.15) is 6.07 Å². The molecule has 1 aliphatic heterocycles. The quantitative estimate of drug-likeness (QED) is 0.878. The molecule has 1 fully saturated rings. The maximum Gasteiger partial charge on any atom is 0.101 e. The Kier molecular flexibility index (Phi) is 3.66. The van der Waals surface area contributed by atoms with Crippen LogP contribution in [-0.2, 0) is 4.74 Å². The lowest BCUT2D eigenvalue weighted by molar-refractivity contribution is 0.120. The Bertz CT molecular complexity index is 408. The van der Waals surface area contributed by atoms with E-state index in [4.69, 9.17) is 21.6 Å². The zero-order chi connectivity index (χ0) is 11.4. The van der Waals surface area contributed by atoms with Crippen molar-refractivity contribution in [2.45, 2.75) is 18.9 Å². The number of rotatable bonds is 3. The Morgan fingerprint density at radius 3 is 3.12 bits per heavy atom. The van der Waals surface area contributed by atoms with Crippen molar-refractivity contribution in [1.82, 2.24) is 0 Å². The van der Waals surface area contributed by atoms with Crippen LogP contribution in [0.25, 0.3) is 0 Å². The molecule has 84 valence electrons. The standard InChI is InChI=1S/C12H13ClN2O/c13-10-4-3-9(7-14)12(6-10)15-8-11-2-1-5-16-11/h3-4,6,11,15H,1-2,5,8H2. The molecule has 0 aromatic heterocycles. The van der Waals surface area contributed by atoms with Crippen molar-refractivity contribution in [3.8, 4) is 6.07 Å². The molecule has 16 heavy (non-hydrogen) atoms. The van der Waals surface area contributed by atoms with Crippen molar-refractivity contribution in [2.24, 2.45) is 0 Å². The van der Waals surface area contributed by atoms with Crippen LogP contribution in [0.4, 0.5) is 5.69 Å². The van der Waals surface area contributed by atoms with Crippen molar-refractivity contribution in [3.63, 3.8) is 0 Å². The first-order valence-electron chi connectivity index (χ1n) is 5.35. The molecule has 0 aliphatic carbocycles. The highest BCUT2D eigenvalue weighted by molar-refractivity contribution is 6.30. The van der Waals surface area contributed by atoms with E-state index in [0.29, 0.717) is 10.6 Å². The van der Waals surface area contributed by atoms with E-state index in [0.717, 1.165) is 31.7 Å². The zero-order valence-electron chi connectivity index (χ0n) is 8.87. The molecule has 2 rings (SSSR count). The van der Waals surface area contributed by atoms with Gasteiger partial charge in [-0.15, -0.1) is 0 Å². The van der Waals surface area contributed by atoms with Crippen molar-refractivity contribution >= 4 is 17.3 Å². The van der Waals surface area contributed by atoms with E-state index in [-0.39, 0.29) is 6.10 Å². The molecule has 1 saturated heterocycles. The SMILES string of the molecule is N#Cc1ccc(Cl)cc1NCC1CCCO1. The molecule has 0 bridgehead atoms. The topological polar surface area (TPSA) is 45.0 Å². The second-order valence-electron chi connectivity index (χ2n) is 3.82. The summed E-state index contributed by atoms with van der Waals surface area (Å²) in [7, 11) is 0. The molecule has 0 radical (unpaired) electrons. The third-order valence-electron chi connectivity index (χ3n) is 2.65. The average Bonchev–Trinajstić information content (AvgIpc) is 2.79. The maximum absolute atomic E-state index is 8.94. The van der Waals surface area contributed by atoms with E-state index in [9.17, 15) is 0 Å². The van der Waals surface area contributed by atoms with E-state index in [1.54, 1.807) is 18.2 Å². The molecule has 1 aliphatic rings. The first kappa shape index (κ1) is 11.3. The smallest absolute Gasteiger partial charge is 0.101 e. The highest BCUT2D eigenvalue weighted by Gasteiger charge is 2.15. The lowest BCUT2D eigenvalue weighted by atomic mass is 10.2. The minimum absolute atomic E-state index is 0.255. The summed E-state index contributed by atoms with van der Waals surface area (Å²) in [5, 5.41) is 12.8. The van der Waals surface area contributed by atoms with E-state index in [1.165, 1.54) is 0 Å². The molecular formula is C12H13ClN2O. The Morgan fingerprint density at radius 2 is 2.44 bits per heavy atom. The van der Waals surface area contributed by atoms with Crippen LogP contribution in [0.3, 0.4) is 0 Å². The number of hydrogen-bond donors (Lipinski definition) is 1. The Labute approximate surface area is 100.0 Å². The fourth-order valence-corrected chi connectivity index (χ4v) is 1.96. The number of benzene rings is 1. The number of anilines is 1. The number of nitrogens with one attached hydrogen (secondary N) is 1. The fraction of sp³-hybridized carbons (Fsp3) is 0.417. The number of nitriles is 1. The summed E-state index contributed by atoms with van der Waals surface area (Å²) in [5.74, 6) is 0. The van der Waals surface area contributed by atoms with Crippen LogP contribution >= 0.6 is 11.6 Å². The van der Waals surface area contributed by atoms with Crippen molar-refractivity contribution in [1.29, 1.82) is 5.26 Å².